The van der Waals surface area contributed by atoms with Gasteiger partial charge in [0.2, 0.25) is 0 Å². The molecule has 2 N–H and O–H groups in total. The highest BCUT2D eigenvalue weighted by Crippen LogP contribution is 2.31. The number of hydrogen-bond donors (Lipinski definition) is 2. The topological polar surface area (TPSA) is 94.6 Å². The summed E-state index contributed by atoms with van der Waals surface area (Å²) in [5.41, 5.74) is 0.674. The van der Waals surface area contributed by atoms with Gasteiger partial charge in [0.1, 0.15) is 17.2 Å². The molecule has 0 bridgehead atoms. The quantitative estimate of drug-likeness (QED) is 0.305. The number of piperazine rings is 1. The van der Waals surface area contributed by atoms with E-state index in [9.17, 15) is 26.4 Å². The molecule has 0 saturated carbocycles. The number of carbonyl (C=O) groups is 1. The standard InChI is InChI=1S/C26H24F3N5O3S2.ClH/c27-18-4-6-21(7-5-18)39(36,37)32-20-3-1-2-17(14-20)25(35)30-8-9-33-10-12-34(13-11-33)26-31-24-22(29)15-19(28)16-23(24)38-26;/h1-7,14-16,32H,8-13H2,(H,30,35);1H. The third kappa shape index (κ3) is 6.84. The summed E-state index contributed by atoms with van der Waals surface area (Å²) in [6.07, 6.45) is 0. The van der Waals surface area contributed by atoms with Crippen LogP contribution in [0.25, 0.3) is 10.2 Å². The van der Waals surface area contributed by atoms with Crippen LogP contribution in [0.2, 0.25) is 0 Å². The number of carbonyl (C=O) groups excluding carboxylic acids is 1. The molecule has 1 amide bonds. The Kier molecular flexibility index (Phi) is 9.19. The van der Waals surface area contributed by atoms with Crippen molar-refractivity contribution in [1.29, 1.82) is 0 Å². The summed E-state index contributed by atoms with van der Waals surface area (Å²) in [7, 11) is -3.94. The van der Waals surface area contributed by atoms with E-state index in [1.807, 2.05) is 4.90 Å². The summed E-state index contributed by atoms with van der Waals surface area (Å²) in [4.78, 5) is 21.1. The lowest BCUT2D eigenvalue weighted by molar-refractivity contribution is 0.0947. The van der Waals surface area contributed by atoms with Gasteiger partial charge in [0.15, 0.2) is 10.9 Å². The molecule has 1 saturated heterocycles. The molecule has 0 unspecified atom stereocenters. The maximum atomic E-state index is 14.0. The Bertz CT molecular complexity index is 1610. The molecule has 4 aromatic rings. The molecule has 0 aliphatic carbocycles. The van der Waals surface area contributed by atoms with Crippen LogP contribution in [0.5, 0.6) is 0 Å². The molecule has 3 aromatic carbocycles. The van der Waals surface area contributed by atoms with Crippen molar-refractivity contribution in [1.82, 2.24) is 15.2 Å². The number of nitrogens with one attached hydrogen (secondary N) is 2. The van der Waals surface area contributed by atoms with Crippen molar-refractivity contribution in [3.8, 4) is 0 Å². The minimum Gasteiger partial charge on any atom is -0.351 e. The highest BCUT2D eigenvalue weighted by atomic mass is 35.5. The Morgan fingerprint density at radius 1 is 0.950 bits per heavy atom. The van der Waals surface area contributed by atoms with E-state index in [1.165, 1.54) is 29.5 Å². The van der Waals surface area contributed by atoms with E-state index in [4.69, 9.17) is 0 Å². The fourth-order valence-corrected chi connectivity index (χ4v) is 6.33. The summed E-state index contributed by atoms with van der Waals surface area (Å²) in [5.74, 6) is -2.19. The molecule has 8 nitrogen and oxygen atoms in total. The molecule has 2 heterocycles. The first-order chi connectivity index (χ1) is 18.7. The monoisotopic (exact) mass is 611 g/mol. The fraction of sp³-hybridized carbons (Fsp3) is 0.231. The lowest BCUT2D eigenvalue weighted by Gasteiger charge is -2.34. The highest BCUT2D eigenvalue weighted by Gasteiger charge is 2.21. The number of aromatic nitrogens is 1. The Balaban J connectivity index is 0.00000370. The first-order valence-electron chi connectivity index (χ1n) is 12.1. The number of benzene rings is 3. The molecule has 0 spiro atoms. The number of fused-ring (bicyclic) bond motifs is 1. The van der Waals surface area contributed by atoms with Gasteiger partial charge < -0.3 is 10.2 Å². The second kappa shape index (κ2) is 12.4. The van der Waals surface area contributed by atoms with Crippen molar-refractivity contribution in [2.45, 2.75) is 4.90 Å². The van der Waals surface area contributed by atoms with Gasteiger partial charge in [-0.05, 0) is 48.5 Å². The van der Waals surface area contributed by atoms with E-state index in [1.54, 1.807) is 12.1 Å². The predicted octanol–water partition coefficient (Wildman–Crippen LogP) is 4.49. The molecule has 1 aliphatic heterocycles. The van der Waals surface area contributed by atoms with Crippen molar-refractivity contribution >= 4 is 60.7 Å². The first-order valence-corrected chi connectivity index (χ1v) is 14.4. The second-order valence-corrected chi connectivity index (χ2v) is 11.6. The van der Waals surface area contributed by atoms with Crippen molar-refractivity contribution in [2.24, 2.45) is 0 Å². The Labute approximate surface area is 239 Å². The van der Waals surface area contributed by atoms with E-state index >= 15 is 0 Å². The number of rotatable bonds is 8. The smallest absolute Gasteiger partial charge is 0.261 e. The Morgan fingerprint density at radius 2 is 1.68 bits per heavy atom. The SMILES string of the molecule is Cl.O=C(NCCN1CCN(c2nc3c(F)cc(F)cc3s2)CC1)c1cccc(NS(=O)(=O)c2ccc(F)cc2)c1. The molecule has 40 heavy (non-hydrogen) atoms. The summed E-state index contributed by atoms with van der Waals surface area (Å²) in [6.45, 7) is 3.74. The molecular weight excluding hydrogens is 587 g/mol. The minimum absolute atomic E-state index is 0. The van der Waals surface area contributed by atoms with Crippen LogP contribution in [0.1, 0.15) is 10.4 Å². The van der Waals surface area contributed by atoms with Crippen LogP contribution >= 0.6 is 23.7 Å². The first kappa shape index (κ1) is 29.6. The van der Waals surface area contributed by atoms with E-state index in [2.05, 4.69) is 19.9 Å². The lowest BCUT2D eigenvalue weighted by atomic mass is 10.2. The normalized spacial score (nSPS) is 14.1. The van der Waals surface area contributed by atoms with Gasteiger partial charge in [0, 0.05) is 56.6 Å². The van der Waals surface area contributed by atoms with E-state index in [-0.39, 0.29) is 34.4 Å². The van der Waals surface area contributed by atoms with Gasteiger partial charge >= 0.3 is 0 Å². The van der Waals surface area contributed by atoms with Gasteiger partial charge in [-0.3, -0.25) is 14.4 Å². The highest BCUT2D eigenvalue weighted by molar-refractivity contribution is 7.92. The van der Waals surface area contributed by atoms with Crippen LogP contribution in [-0.4, -0.2) is 63.5 Å². The van der Waals surface area contributed by atoms with Crippen LogP contribution < -0.4 is 14.9 Å². The predicted molar refractivity (Wildman–Crippen MR) is 151 cm³/mol. The number of anilines is 2. The van der Waals surface area contributed by atoms with E-state index < -0.39 is 27.5 Å². The summed E-state index contributed by atoms with van der Waals surface area (Å²) in [5, 5.41) is 3.50. The van der Waals surface area contributed by atoms with Gasteiger partial charge in [0.25, 0.3) is 15.9 Å². The summed E-state index contributed by atoms with van der Waals surface area (Å²) in [6, 6.07) is 12.7. The number of hydrogen-bond acceptors (Lipinski definition) is 7. The van der Waals surface area contributed by atoms with E-state index in [0.717, 1.165) is 30.3 Å². The van der Waals surface area contributed by atoms with Crippen LogP contribution in [0.4, 0.5) is 24.0 Å². The molecule has 212 valence electrons. The third-order valence-corrected chi connectivity index (χ3v) is 8.72. The zero-order valence-corrected chi connectivity index (χ0v) is 23.4. The Hall–Kier alpha value is -3.39. The Morgan fingerprint density at radius 3 is 2.40 bits per heavy atom. The van der Waals surface area contributed by atoms with Gasteiger partial charge in [-0.2, -0.15) is 0 Å². The van der Waals surface area contributed by atoms with Crippen LogP contribution in [0.15, 0.2) is 65.6 Å². The molecule has 1 fully saturated rings. The fourth-order valence-electron chi connectivity index (χ4n) is 4.22. The van der Waals surface area contributed by atoms with Crippen molar-refractivity contribution < 1.29 is 26.4 Å². The minimum atomic E-state index is -3.94. The van der Waals surface area contributed by atoms with Gasteiger partial charge in [-0.25, -0.2) is 26.6 Å². The number of amides is 1. The average molecular weight is 612 g/mol. The molecule has 14 heteroatoms. The molecule has 1 aliphatic rings. The molecule has 5 rings (SSSR count). The number of halogens is 4. The average Bonchev–Trinajstić information content (AvgIpc) is 3.34. The molecule has 0 radical (unpaired) electrons. The summed E-state index contributed by atoms with van der Waals surface area (Å²) >= 11 is 1.26. The van der Waals surface area contributed by atoms with Gasteiger partial charge in [0.05, 0.1) is 9.60 Å². The van der Waals surface area contributed by atoms with Crippen LogP contribution in [0.3, 0.4) is 0 Å². The zero-order chi connectivity index (χ0) is 27.6. The van der Waals surface area contributed by atoms with Crippen LogP contribution in [-0.2, 0) is 10.0 Å². The molecule has 1 aromatic heterocycles. The van der Waals surface area contributed by atoms with Gasteiger partial charge in [-0.15, -0.1) is 12.4 Å². The van der Waals surface area contributed by atoms with Gasteiger partial charge in [-0.1, -0.05) is 17.4 Å². The number of thiazole rings is 1. The van der Waals surface area contributed by atoms with Crippen molar-refractivity contribution in [3.05, 3.63) is 83.7 Å². The molecular formula is C26H25ClF3N5O3S2. The second-order valence-electron chi connectivity index (χ2n) is 8.96. The van der Waals surface area contributed by atoms with E-state index in [0.29, 0.717) is 54.7 Å². The largest absolute Gasteiger partial charge is 0.351 e. The number of nitrogens with zero attached hydrogens (tertiary/aromatic N) is 3. The van der Waals surface area contributed by atoms with Crippen molar-refractivity contribution in [2.75, 3.05) is 48.9 Å². The van der Waals surface area contributed by atoms with Crippen LogP contribution in [0, 0.1) is 17.5 Å². The zero-order valence-electron chi connectivity index (χ0n) is 20.9. The number of sulfonamides is 1. The maximum absolute atomic E-state index is 14.0. The lowest BCUT2D eigenvalue weighted by Crippen LogP contribution is -2.48. The third-order valence-electron chi connectivity index (χ3n) is 6.26. The maximum Gasteiger partial charge on any atom is 0.261 e. The summed E-state index contributed by atoms with van der Waals surface area (Å²) < 4.78 is 68.6. The van der Waals surface area contributed by atoms with Crippen molar-refractivity contribution in [3.63, 3.8) is 0 Å². The molecule has 0 atom stereocenters.